The second-order valence-electron chi connectivity index (χ2n) is 4.24. The summed E-state index contributed by atoms with van der Waals surface area (Å²) in [5.41, 5.74) is 1.26. The molecule has 21 heavy (non-hydrogen) atoms. The third-order valence-electron chi connectivity index (χ3n) is 2.75. The lowest BCUT2D eigenvalue weighted by Crippen LogP contribution is -2.23. The van der Waals surface area contributed by atoms with Gasteiger partial charge in [0.15, 0.2) is 0 Å². The minimum atomic E-state index is -0.225. The Kier molecular flexibility index (Phi) is 5.42. The number of aromatic nitrogens is 1. The molecule has 1 aromatic heterocycles. The van der Waals surface area contributed by atoms with Crippen molar-refractivity contribution in [1.29, 1.82) is 0 Å². The lowest BCUT2D eigenvalue weighted by Gasteiger charge is -2.08. The van der Waals surface area contributed by atoms with E-state index in [2.05, 4.69) is 10.3 Å². The first-order chi connectivity index (χ1) is 10.1. The zero-order chi connectivity index (χ0) is 15.2. The van der Waals surface area contributed by atoms with Crippen molar-refractivity contribution in [3.05, 3.63) is 57.7 Å². The van der Waals surface area contributed by atoms with E-state index in [0.717, 1.165) is 5.56 Å². The highest BCUT2D eigenvalue weighted by Gasteiger charge is 2.08. The standard InChI is InChI=1S/C15H14Cl2N2O2/c1-2-21-14-6-4-11(9-18-14)15(20)19-8-10-3-5-12(16)7-13(10)17/h3-7,9H,2,8H2,1H3,(H,19,20). The number of benzene rings is 1. The molecule has 0 saturated heterocycles. The van der Waals surface area contributed by atoms with Crippen LogP contribution in [0.4, 0.5) is 0 Å². The van der Waals surface area contributed by atoms with Gasteiger partial charge in [0.2, 0.25) is 5.88 Å². The van der Waals surface area contributed by atoms with Crippen LogP contribution in [0.25, 0.3) is 0 Å². The van der Waals surface area contributed by atoms with Gasteiger partial charge in [-0.05, 0) is 30.7 Å². The highest BCUT2D eigenvalue weighted by molar-refractivity contribution is 6.35. The zero-order valence-electron chi connectivity index (χ0n) is 11.4. The maximum absolute atomic E-state index is 12.0. The predicted octanol–water partition coefficient (Wildman–Crippen LogP) is 3.72. The summed E-state index contributed by atoms with van der Waals surface area (Å²) >= 11 is 11.9. The van der Waals surface area contributed by atoms with E-state index in [9.17, 15) is 4.79 Å². The third kappa shape index (κ3) is 4.34. The van der Waals surface area contributed by atoms with E-state index in [1.807, 2.05) is 6.92 Å². The van der Waals surface area contributed by atoms with Crippen LogP contribution in [0, 0.1) is 0 Å². The molecule has 0 aliphatic rings. The summed E-state index contributed by atoms with van der Waals surface area (Å²) in [6.45, 7) is 2.73. The number of hydrogen-bond donors (Lipinski definition) is 1. The average molecular weight is 325 g/mol. The van der Waals surface area contributed by atoms with E-state index in [1.165, 1.54) is 6.20 Å². The first kappa shape index (κ1) is 15.6. The molecule has 1 aromatic carbocycles. The predicted molar refractivity (Wildman–Crippen MR) is 83.0 cm³/mol. The lowest BCUT2D eigenvalue weighted by atomic mass is 10.2. The quantitative estimate of drug-likeness (QED) is 0.911. The molecule has 0 radical (unpaired) electrons. The second-order valence-corrected chi connectivity index (χ2v) is 5.08. The molecule has 0 aliphatic heterocycles. The van der Waals surface area contributed by atoms with Gasteiger partial charge in [-0.2, -0.15) is 0 Å². The Labute approximate surface area is 133 Å². The van der Waals surface area contributed by atoms with Gasteiger partial charge < -0.3 is 10.1 Å². The summed E-state index contributed by atoms with van der Waals surface area (Å²) in [5.74, 6) is 0.270. The van der Waals surface area contributed by atoms with Crippen molar-refractivity contribution in [2.75, 3.05) is 6.61 Å². The number of nitrogens with zero attached hydrogens (tertiary/aromatic N) is 1. The van der Waals surface area contributed by atoms with E-state index < -0.39 is 0 Å². The molecule has 6 heteroatoms. The van der Waals surface area contributed by atoms with Crippen LogP contribution >= 0.6 is 23.2 Å². The Morgan fingerprint density at radius 3 is 2.71 bits per heavy atom. The summed E-state index contributed by atoms with van der Waals surface area (Å²) in [6.07, 6.45) is 1.48. The van der Waals surface area contributed by atoms with E-state index in [1.54, 1.807) is 30.3 Å². The van der Waals surface area contributed by atoms with Gasteiger partial charge in [-0.1, -0.05) is 29.3 Å². The lowest BCUT2D eigenvalue weighted by molar-refractivity contribution is 0.0950. The minimum absolute atomic E-state index is 0.225. The monoisotopic (exact) mass is 324 g/mol. The Morgan fingerprint density at radius 1 is 1.29 bits per heavy atom. The Morgan fingerprint density at radius 2 is 2.10 bits per heavy atom. The van der Waals surface area contributed by atoms with Crippen LogP contribution in [-0.4, -0.2) is 17.5 Å². The first-order valence-corrected chi connectivity index (χ1v) is 7.16. The number of nitrogens with one attached hydrogen (secondary N) is 1. The fourth-order valence-corrected chi connectivity index (χ4v) is 2.17. The van der Waals surface area contributed by atoms with Crippen molar-refractivity contribution in [3.8, 4) is 5.88 Å². The van der Waals surface area contributed by atoms with Gasteiger partial charge in [-0.15, -0.1) is 0 Å². The Balaban J connectivity index is 1.98. The molecule has 2 rings (SSSR count). The number of amides is 1. The number of ether oxygens (including phenoxy) is 1. The van der Waals surface area contributed by atoms with Crippen LogP contribution in [0.1, 0.15) is 22.8 Å². The van der Waals surface area contributed by atoms with Crippen LogP contribution in [0.2, 0.25) is 10.0 Å². The van der Waals surface area contributed by atoms with Gasteiger partial charge in [0.05, 0.1) is 12.2 Å². The molecule has 4 nitrogen and oxygen atoms in total. The first-order valence-electron chi connectivity index (χ1n) is 6.41. The van der Waals surface area contributed by atoms with Gasteiger partial charge in [-0.25, -0.2) is 4.98 Å². The number of rotatable bonds is 5. The normalized spacial score (nSPS) is 10.2. The summed E-state index contributed by atoms with van der Waals surface area (Å²) in [6, 6.07) is 8.47. The molecular formula is C15H14Cl2N2O2. The molecule has 0 bridgehead atoms. The fourth-order valence-electron chi connectivity index (χ4n) is 1.69. The van der Waals surface area contributed by atoms with Gasteiger partial charge in [0, 0.05) is 28.9 Å². The van der Waals surface area contributed by atoms with Crippen molar-refractivity contribution >= 4 is 29.1 Å². The van der Waals surface area contributed by atoms with Gasteiger partial charge in [-0.3, -0.25) is 4.79 Å². The highest BCUT2D eigenvalue weighted by atomic mass is 35.5. The third-order valence-corrected chi connectivity index (χ3v) is 3.33. The average Bonchev–Trinajstić information content (AvgIpc) is 2.47. The molecule has 1 N–H and O–H groups in total. The number of carbonyl (C=O) groups excluding carboxylic acids is 1. The molecule has 0 unspecified atom stereocenters. The number of halogens is 2. The summed E-state index contributed by atoms with van der Waals surface area (Å²) in [4.78, 5) is 16.1. The van der Waals surface area contributed by atoms with Crippen molar-refractivity contribution in [1.82, 2.24) is 10.3 Å². The molecule has 0 atom stereocenters. The van der Waals surface area contributed by atoms with Gasteiger partial charge in [0.25, 0.3) is 5.91 Å². The number of hydrogen-bond acceptors (Lipinski definition) is 3. The van der Waals surface area contributed by atoms with Crippen molar-refractivity contribution in [3.63, 3.8) is 0 Å². The van der Waals surface area contributed by atoms with Crippen LogP contribution < -0.4 is 10.1 Å². The molecule has 0 aliphatic carbocycles. The van der Waals surface area contributed by atoms with Crippen molar-refractivity contribution < 1.29 is 9.53 Å². The molecule has 0 saturated carbocycles. The smallest absolute Gasteiger partial charge is 0.253 e. The second kappa shape index (κ2) is 7.29. The topological polar surface area (TPSA) is 51.2 Å². The maximum Gasteiger partial charge on any atom is 0.253 e. The SMILES string of the molecule is CCOc1ccc(C(=O)NCc2ccc(Cl)cc2Cl)cn1. The van der Waals surface area contributed by atoms with Gasteiger partial charge in [0.1, 0.15) is 0 Å². The summed E-state index contributed by atoms with van der Waals surface area (Å²) in [7, 11) is 0. The largest absolute Gasteiger partial charge is 0.478 e. The molecule has 0 fully saturated rings. The van der Waals surface area contributed by atoms with E-state index >= 15 is 0 Å². The Bertz CT molecular complexity index is 630. The van der Waals surface area contributed by atoms with Crippen LogP contribution in [0.3, 0.4) is 0 Å². The maximum atomic E-state index is 12.0. The fraction of sp³-hybridized carbons (Fsp3) is 0.200. The van der Waals surface area contributed by atoms with Crippen LogP contribution in [0.15, 0.2) is 36.5 Å². The minimum Gasteiger partial charge on any atom is -0.478 e. The molecule has 1 amide bonds. The van der Waals surface area contributed by atoms with Crippen LogP contribution in [-0.2, 0) is 6.54 Å². The van der Waals surface area contributed by atoms with Crippen molar-refractivity contribution in [2.24, 2.45) is 0 Å². The highest BCUT2D eigenvalue weighted by Crippen LogP contribution is 2.20. The zero-order valence-corrected chi connectivity index (χ0v) is 12.9. The van der Waals surface area contributed by atoms with Crippen LogP contribution in [0.5, 0.6) is 5.88 Å². The summed E-state index contributed by atoms with van der Waals surface area (Å²) < 4.78 is 5.22. The van der Waals surface area contributed by atoms with E-state index in [4.69, 9.17) is 27.9 Å². The van der Waals surface area contributed by atoms with E-state index in [-0.39, 0.29) is 5.91 Å². The molecule has 110 valence electrons. The molecule has 0 spiro atoms. The summed E-state index contributed by atoms with van der Waals surface area (Å²) in [5, 5.41) is 3.86. The number of pyridine rings is 1. The molecule has 1 heterocycles. The number of carbonyl (C=O) groups is 1. The molecule has 2 aromatic rings. The Hall–Kier alpha value is -1.78. The van der Waals surface area contributed by atoms with E-state index in [0.29, 0.717) is 34.6 Å². The molecular weight excluding hydrogens is 311 g/mol. The van der Waals surface area contributed by atoms with Crippen molar-refractivity contribution in [2.45, 2.75) is 13.5 Å². The van der Waals surface area contributed by atoms with Gasteiger partial charge >= 0.3 is 0 Å².